The Hall–Kier alpha value is -1.22. The van der Waals surface area contributed by atoms with Gasteiger partial charge in [-0.2, -0.15) is 0 Å². The average Bonchev–Trinajstić information content (AvgIpc) is 3.18. The van der Waals surface area contributed by atoms with Crippen molar-refractivity contribution >= 4 is 5.69 Å². The van der Waals surface area contributed by atoms with E-state index in [2.05, 4.69) is 23.1 Å². The van der Waals surface area contributed by atoms with Gasteiger partial charge in [0.05, 0.1) is 7.11 Å². The SMILES string of the molecule is COc1cccc(N(CCCN)CC2CC2)c1. The Bertz CT molecular complexity index is 350. The van der Waals surface area contributed by atoms with Crippen LogP contribution in [-0.2, 0) is 0 Å². The van der Waals surface area contributed by atoms with Crippen molar-refractivity contribution in [2.75, 3.05) is 31.6 Å². The van der Waals surface area contributed by atoms with Crippen molar-refractivity contribution in [3.05, 3.63) is 24.3 Å². The van der Waals surface area contributed by atoms with Crippen molar-refractivity contribution in [2.24, 2.45) is 11.7 Å². The molecular weight excluding hydrogens is 212 g/mol. The van der Waals surface area contributed by atoms with E-state index in [1.165, 1.54) is 18.5 Å². The first-order valence-electron chi connectivity index (χ1n) is 6.42. The number of ether oxygens (including phenoxy) is 1. The Balaban J connectivity index is 2.05. The molecule has 2 N–H and O–H groups in total. The predicted molar refractivity (Wildman–Crippen MR) is 71.6 cm³/mol. The standard InChI is InChI=1S/C14H22N2O/c1-17-14-5-2-4-13(10-14)16(9-3-8-15)11-12-6-7-12/h2,4-5,10,12H,3,6-9,11,15H2,1H3. The number of nitrogens with zero attached hydrogens (tertiary/aromatic N) is 1. The zero-order valence-electron chi connectivity index (χ0n) is 10.6. The predicted octanol–water partition coefficient (Wildman–Crippen LogP) is 2.26. The molecule has 0 bridgehead atoms. The van der Waals surface area contributed by atoms with Crippen molar-refractivity contribution < 1.29 is 4.74 Å². The summed E-state index contributed by atoms with van der Waals surface area (Å²) in [5.41, 5.74) is 6.86. The molecule has 0 radical (unpaired) electrons. The summed E-state index contributed by atoms with van der Waals surface area (Å²) in [6.45, 7) is 2.96. The fourth-order valence-corrected chi connectivity index (χ4v) is 2.03. The lowest BCUT2D eigenvalue weighted by Crippen LogP contribution is -2.28. The Kier molecular flexibility index (Phi) is 4.26. The van der Waals surface area contributed by atoms with Crippen LogP contribution in [0.25, 0.3) is 0 Å². The molecule has 94 valence electrons. The zero-order valence-corrected chi connectivity index (χ0v) is 10.6. The highest BCUT2D eigenvalue weighted by molar-refractivity contribution is 5.50. The van der Waals surface area contributed by atoms with Crippen LogP contribution in [0.5, 0.6) is 5.75 Å². The second-order valence-corrected chi connectivity index (χ2v) is 4.73. The minimum Gasteiger partial charge on any atom is -0.497 e. The monoisotopic (exact) mass is 234 g/mol. The Morgan fingerprint density at radius 2 is 2.24 bits per heavy atom. The highest BCUT2D eigenvalue weighted by Crippen LogP contribution is 2.32. The lowest BCUT2D eigenvalue weighted by molar-refractivity contribution is 0.414. The first-order valence-corrected chi connectivity index (χ1v) is 6.42. The average molecular weight is 234 g/mol. The first kappa shape index (κ1) is 12.2. The third kappa shape index (κ3) is 3.63. The minimum atomic E-state index is 0.755. The summed E-state index contributed by atoms with van der Waals surface area (Å²) in [5, 5.41) is 0. The second-order valence-electron chi connectivity index (χ2n) is 4.73. The largest absolute Gasteiger partial charge is 0.497 e. The third-order valence-electron chi connectivity index (χ3n) is 3.23. The molecule has 3 heteroatoms. The molecule has 2 rings (SSSR count). The fourth-order valence-electron chi connectivity index (χ4n) is 2.03. The Labute approximate surface area is 104 Å². The molecule has 1 saturated carbocycles. The van der Waals surface area contributed by atoms with Gasteiger partial charge in [-0.15, -0.1) is 0 Å². The van der Waals surface area contributed by atoms with E-state index in [9.17, 15) is 0 Å². The van der Waals surface area contributed by atoms with E-state index >= 15 is 0 Å². The number of hydrogen-bond donors (Lipinski definition) is 1. The molecule has 1 aromatic carbocycles. The summed E-state index contributed by atoms with van der Waals surface area (Å²) in [4.78, 5) is 2.44. The summed E-state index contributed by atoms with van der Waals surface area (Å²) in [6.07, 6.45) is 3.80. The van der Waals surface area contributed by atoms with Gasteiger partial charge in [-0.25, -0.2) is 0 Å². The summed E-state index contributed by atoms with van der Waals surface area (Å²) < 4.78 is 5.28. The number of nitrogens with two attached hydrogens (primary N) is 1. The van der Waals surface area contributed by atoms with Gasteiger partial charge < -0.3 is 15.4 Å². The highest BCUT2D eigenvalue weighted by atomic mass is 16.5. The van der Waals surface area contributed by atoms with Gasteiger partial charge in [0.1, 0.15) is 5.75 Å². The number of anilines is 1. The number of rotatable bonds is 7. The molecule has 1 aromatic rings. The van der Waals surface area contributed by atoms with E-state index in [1.807, 2.05) is 6.07 Å². The van der Waals surface area contributed by atoms with Crippen LogP contribution >= 0.6 is 0 Å². The van der Waals surface area contributed by atoms with Gasteiger partial charge in [-0.1, -0.05) is 6.07 Å². The molecule has 0 aliphatic heterocycles. The third-order valence-corrected chi connectivity index (χ3v) is 3.23. The lowest BCUT2D eigenvalue weighted by atomic mass is 10.2. The fraction of sp³-hybridized carbons (Fsp3) is 0.571. The van der Waals surface area contributed by atoms with E-state index in [0.29, 0.717) is 0 Å². The molecule has 1 aliphatic carbocycles. The summed E-state index contributed by atoms with van der Waals surface area (Å²) in [6, 6.07) is 8.30. The van der Waals surface area contributed by atoms with Gasteiger partial charge in [0.15, 0.2) is 0 Å². The second kappa shape index (κ2) is 5.92. The van der Waals surface area contributed by atoms with Gasteiger partial charge in [0, 0.05) is 24.8 Å². The molecule has 0 saturated heterocycles. The van der Waals surface area contributed by atoms with Crippen LogP contribution < -0.4 is 15.4 Å². The van der Waals surface area contributed by atoms with Gasteiger partial charge >= 0.3 is 0 Å². The molecule has 0 atom stereocenters. The minimum absolute atomic E-state index is 0.755. The molecule has 1 aliphatic rings. The van der Waals surface area contributed by atoms with Crippen molar-refractivity contribution in [2.45, 2.75) is 19.3 Å². The van der Waals surface area contributed by atoms with Gasteiger partial charge in [-0.3, -0.25) is 0 Å². The summed E-state index contributed by atoms with van der Waals surface area (Å²) in [5.74, 6) is 1.81. The lowest BCUT2D eigenvalue weighted by Gasteiger charge is -2.25. The summed E-state index contributed by atoms with van der Waals surface area (Å²) >= 11 is 0. The van der Waals surface area contributed by atoms with E-state index in [4.69, 9.17) is 10.5 Å². The molecule has 0 heterocycles. The van der Waals surface area contributed by atoms with Gasteiger partial charge in [0.2, 0.25) is 0 Å². The maximum atomic E-state index is 5.61. The number of hydrogen-bond acceptors (Lipinski definition) is 3. The van der Waals surface area contributed by atoms with Crippen LogP contribution in [0.3, 0.4) is 0 Å². The van der Waals surface area contributed by atoms with Crippen LogP contribution in [0.4, 0.5) is 5.69 Å². The van der Waals surface area contributed by atoms with Crippen LogP contribution in [0, 0.1) is 5.92 Å². The molecule has 3 nitrogen and oxygen atoms in total. The van der Waals surface area contributed by atoms with E-state index in [0.717, 1.165) is 37.7 Å². The first-order chi connectivity index (χ1) is 8.33. The van der Waals surface area contributed by atoms with Crippen LogP contribution in [0.2, 0.25) is 0 Å². The molecule has 17 heavy (non-hydrogen) atoms. The van der Waals surface area contributed by atoms with Crippen molar-refractivity contribution in [1.82, 2.24) is 0 Å². The van der Waals surface area contributed by atoms with Crippen molar-refractivity contribution in [3.8, 4) is 5.75 Å². The van der Waals surface area contributed by atoms with Gasteiger partial charge in [0.25, 0.3) is 0 Å². The molecule has 0 aromatic heterocycles. The molecule has 0 amide bonds. The van der Waals surface area contributed by atoms with Gasteiger partial charge in [-0.05, 0) is 43.9 Å². The smallest absolute Gasteiger partial charge is 0.120 e. The van der Waals surface area contributed by atoms with Crippen molar-refractivity contribution in [3.63, 3.8) is 0 Å². The maximum Gasteiger partial charge on any atom is 0.120 e. The highest BCUT2D eigenvalue weighted by Gasteiger charge is 2.24. The van der Waals surface area contributed by atoms with Crippen LogP contribution in [0.1, 0.15) is 19.3 Å². The number of methoxy groups -OCH3 is 1. The zero-order chi connectivity index (χ0) is 12.1. The van der Waals surface area contributed by atoms with E-state index < -0.39 is 0 Å². The quantitative estimate of drug-likeness (QED) is 0.786. The van der Waals surface area contributed by atoms with Crippen molar-refractivity contribution in [1.29, 1.82) is 0 Å². The van der Waals surface area contributed by atoms with E-state index in [-0.39, 0.29) is 0 Å². The molecule has 0 unspecified atom stereocenters. The normalized spacial score (nSPS) is 14.7. The molecular formula is C14H22N2O. The van der Waals surface area contributed by atoms with Crippen LogP contribution in [0.15, 0.2) is 24.3 Å². The molecule has 1 fully saturated rings. The number of benzene rings is 1. The van der Waals surface area contributed by atoms with Crippen LogP contribution in [-0.4, -0.2) is 26.7 Å². The molecule has 0 spiro atoms. The topological polar surface area (TPSA) is 38.5 Å². The maximum absolute atomic E-state index is 5.61. The summed E-state index contributed by atoms with van der Waals surface area (Å²) in [7, 11) is 1.71. The Morgan fingerprint density at radius 1 is 1.41 bits per heavy atom. The Morgan fingerprint density at radius 3 is 2.88 bits per heavy atom. The van der Waals surface area contributed by atoms with E-state index in [1.54, 1.807) is 7.11 Å².